The smallest absolute Gasteiger partial charge is 0.192 e. The fourth-order valence-corrected chi connectivity index (χ4v) is 4.20. The van der Waals surface area contributed by atoms with E-state index in [2.05, 4.69) is 10.3 Å². The lowest BCUT2D eigenvalue weighted by molar-refractivity contribution is 0.274. The zero-order valence-electron chi connectivity index (χ0n) is 11.1. The summed E-state index contributed by atoms with van der Waals surface area (Å²) in [7, 11) is -3.32. The van der Waals surface area contributed by atoms with Crippen LogP contribution in [0.4, 0.5) is 0 Å². The SMILES string of the molecule is O=S(=O)(CN1CCNCC1)c1cccc2cnccc12. The van der Waals surface area contributed by atoms with Crippen LogP contribution < -0.4 is 5.32 Å². The quantitative estimate of drug-likeness (QED) is 0.909. The highest BCUT2D eigenvalue weighted by Crippen LogP contribution is 2.23. The third-order valence-corrected chi connectivity index (χ3v) is 5.27. The molecule has 6 heteroatoms. The normalized spacial score (nSPS) is 17.4. The van der Waals surface area contributed by atoms with E-state index in [1.54, 1.807) is 30.6 Å². The minimum atomic E-state index is -3.32. The van der Waals surface area contributed by atoms with Crippen molar-refractivity contribution in [2.45, 2.75) is 4.90 Å². The van der Waals surface area contributed by atoms with Crippen LogP contribution in [-0.4, -0.2) is 50.4 Å². The summed E-state index contributed by atoms with van der Waals surface area (Å²) in [5.41, 5.74) is 0. The van der Waals surface area contributed by atoms with Gasteiger partial charge in [0, 0.05) is 49.3 Å². The second-order valence-corrected chi connectivity index (χ2v) is 6.89. The number of benzene rings is 1. The molecule has 3 rings (SSSR count). The Morgan fingerprint density at radius 2 is 2.00 bits per heavy atom. The molecule has 1 aliphatic heterocycles. The van der Waals surface area contributed by atoms with Gasteiger partial charge in [0.25, 0.3) is 0 Å². The number of hydrogen-bond acceptors (Lipinski definition) is 5. The zero-order valence-corrected chi connectivity index (χ0v) is 11.9. The number of nitrogens with one attached hydrogen (secondary N) is 1. The molecule has 1 aliphatic rings. The van der Waals surface area contributed by atoms with Gasteiger partial charge in [0.15, 0.2) is 9.84 Å². The molecule has 2 heterocycles. The Balaban J connectivity index is 1.96. The molecular formula is C14H17N3O2S. The van der Waals surface area contributed by atoms with Gasteiger partial charge in [-0.05, 0) is 12.1 Å². The van der Waals surface area contributed by atoms with Gasteiger partial charge in [0.2, 0.25) is 0 Å². The maximum absolute atomic E-state index is 12.6. The van der Waals surface area contributed by atoms with Gasteiger partial charge in [-0.25, -0.2) is 8.42 Å². The van der Waals surface area contributed by atoms with Gasteiger partial charge >= 0.3 is 0 Å². The number of sulfone groups is 1. The summed E-state index contributed by atoms with van der Waals surface area (Å²) in [5, 5.41) is 4.83. The Bertz CT molecular complexity index is 704. The third kappa shape index (κ3) is 2.67. The van der Waals surface area contributed by atoms with Crippen molar-refractivity contribution in [3.8, 4) is 0 Å². The predicted octanol–water partition coefficient (Wildman–Crippen LogP) is 0.871. The summed E-state index contributed by atoms with van der Waals surface area (Å²) in [6.45, 7) is 3.22. The van der Waals surface area contributed by atoms with Crippen LogP contribution in [0.15, 0.2) is 41.6 Å². The van der Waals surface area contributed by atoms with E-state index in [0.29, 0.717) is 4.90 Å². The molecule has 5 nitrogen and oxygen atoms in total. The Morgan fingerprint density at radius 3 is 2.80 bits per heavy atom. The molecule has 1 N–H and O–H groups in total. The first kappa shape index (κ1) is 13.5. The average molecular weight is 291 g/mol. The standard InChI is InChI=1S/C14H17N3O2S/c18-20(19,11-17-8-6-15-7-9-17)14-3-1-2-12-10-16-5-4-13(12)14/h1-5,10,15H,6-9,11H2. The van der Waals surface area contributed by atoms with Crippen molar-refractivity contribution in [1.29, 1.82) is 0 Å². The van der Waals surface area contributed by atoms with Crippen LogP contribution in [0.25, 0.3) is 10.8 Å². The summed E-state index contributed by atoms with van der Waals surface area (Å²) in [5.74, 6) is 0.0795. The van der Waals surface area contributed by atoms with E-state index in [1.807, 2.05) is 11.0 Å². The van der Waals surface area contributed by atoms with Crippen LogP contribution in [0, 0.1) is 0 Å². The van der Waals surface area contributed by atoms with Crippen molar-refractivity contribution in [1.82, 2.24) is 15.2 Å². The monoisotopic (exact) mass is 291 g/mol. The highest BCUT2D eigenvalue weighted by molar-refractivity contribution is 7.91. The average Bonchev–Trinajstić information content (AvgIpc) is 2.47. The number of aromatic nitrogens is 1. The Morgan fingerprint density at radius 1 is 1.20 bits per heavy atom. The first-order chi connectivity index (χ1) is 9.67. The molecule has 0 saturated carbocycles. The minimum Gasteiger partial charge on any atom is -0.314 e. The van der Waals surface area contributed by atoms with E-state index in [0.717, 1.165) is 37.0 Å². The fourth-order valence-electron chi connectivity index (χ4n) is 2.51. The molecule has 1 fully saturated rings. The lowest BCUT2D eigenvalue weighted by Crippen LogP contribution is -2.45. The Labute approximate surface area is 118 Å². The van der Waals surface area contributed by atoms with Crippen molar-refractivity contribution in [3.05, 3.63) is 36.7 Å². The molecule has 0 amide bonds. The van der Waals surface area contributed by atoms with Crippen molar-refractivity contribution in [2.24, 2.45) is 0 Å². The highest BCUT2D eigenvalue weighted by Gasteiger charge is 2.22. The molecule has 0 spiro atoms. The van der Waals surface area contributed by atoms with Crippen LogP contribution in [0.1, 0.15) is 0 Å². The molecule has 0 bridgehead atoms. The summed E-state index contributed by atoms with van der Waals surface area (Å²) in [6.07, 6.45) is 3.32. The van der Waals surface area contributed by atoms with Gasteiger partial charge in [0.05, 0.1) is 4.90 Å². The minimum absolute atomic E-state index is 0.0795. The molecule has 0 unspecified atom stereocenters. The molecule has 1 aromatic heterocycles. The third-order valence-electron chi connectivity index (χ3n) is 3.54. The zero-order chi connectivity index (χ0) is 14.0. The van der Waals surface area contributed by atoms with Gasteiger partial charge in [-0.1, -0.05) is 12.1 Å². The molecule has 1 saturated heterocycles. The highest BCUT2D eigenvalue weighted by atomic mass is 32.2. The largest absolute Gasteiger partial charge is 0.314 e. The van der Waals surface area contributed by atoms with Gasteiger partial charge in [-0.15, -0.1) is 0 Å². The van der Waals surface area contributed by atoms with E-state index >= 15 is 0 Å². The number of piperazine rings is 1. The van der Waals surface area contributed by atoms with Gasteiger partial charge in [-0.3, -0.25) is 9.88 Å². The predicted molar refractivity (Wildman–Crippen MR) is 78.2 cm³/mol. The summed E-state index contributed by atoms with van der Waals surface area (Å²) in [4.78, 5) is 6.42. The van der Waals surface area contributed by atoms with E-state index < -0.39 is 9.84 Å². The Kier molecular flexibility index (Phi) is 3.69. The second-order valence-electron chi connectivity index (χ2n) is 4.96. The fraction of sp³-hybridized carbons (Fsp3) is 0.357. The molecule has 20 heavy (non-hydrogen) atoms. The van der Waals surface area contributed by atoms with Crippen LogP contribution in [-0.2, 0) is 9.84 Å². The first-order valence-corrected chi connectivity index (χ1v) is 8.31. The molecule has 0 atom stereocenters. The van der Waals surface area contributed by atoms with Gasteiger partial charge < -0.3 is 5.32 Å². The molecule has 106 valence electrons. The van der Waals surface area contributed by atoms with Crippen molar-refractivity contribution in [3.63, 3.8) is 0 Å². The molecule has 2 aromatic rings. The van der Waals surface area contributed by atoms with E-state index in [9.17, 15) is 8.42 Å². The maximum atomic E-state index is 12.6. The van der Waals surface area contributed by atoms with Crippen LogP contribution in [0.5, 0.6) is 0 Å². The lowest BCUT2D eigenvalue weighted by atomic mass is 10.2. The lowest BCUT2D eigenvalue weighted by Gasteiger charge is -2.26. The first-order valence-electron chi connectivity index (χ1n) is 6.65. The summed E-state index contributed by atoms with van der Waals surface area (Å²) < 4.78 is 25.3. The van der Waals surface area contributed by atoms with Crippen molar-refractivity contribution >= 4 is 20.6 Å². The molecular weight excluding hydrogens is 274 g/mol. The van der Waals surface area contributed by atoms with Crippen LogP contribution in [0.3, 0.4) is 0 Å². The van der Waals surface area contributed by atoms with Crippen LogP contribution in [0.2, 0.25) is 0 Å². The number of fused-ring (bicyclic) bond motifs is 1. The van der Waals surface area contributed by atoms with Gasteiger partial charge in [-0.2, -0.15) is 0 Å². The van der Waals surface area contributed by atoms with Crippen molar-refractivity contribution in [2.75, 3.05) is 32.1 Å². The van der Waals surface area contributed by atoms with Crippen molar-refractivity contribution < 1.29 is 8.42 Å². The number of hydrogen-bond donors (Lipinski definition) is 1. The summed E-state index contributed by atoms with van der Waals surface area (Å²) in [6, 6.07) is 7.10. The number of pyridine rings is 1. The van der Waals surface area contributed by atoms with Gasteiger partial charge in [0.1, 0.15) is 5.88 Å². The Hall–Kier alpha value is -1.50. The van der Waals surface area contributed by atoms with E-state index in [1.165, 1.54) is 0 Å². The van der Waals surface area contributed by atoms with E-state index in [-0.39, 0.29) is 5.88 Å². The molecule has 1 aromatic carbocycles. The second kappa shape index (κ2) is 5.47. The van der Waals surface area contributed by atoms with E-state index in [4.69, 9.17) is 0 Å². The molecule has 0 aliphatic carbocycles. The summed E-state index contributed by atoms with van der Waals surface area (Å²) >= 11 is 0. The number of nitrogens with zero attached hydrogens (tertiary/aromatic N) is 2. The maximum Gasteiger partial charge on any atom is 0.192 e. The topological polar surface area (TPSA) is 62.3 Å². The molecule has 0 radical (unpaired) electrons. The van der Waals surface area contributed by atoms with Crippen LogP contribution >= 0.6 is 0 Å². The number of rotatable bonds is 3.